The number of nitrogens with zero attached hydrogens (tertiary/aromatic N) is 1. The molecule has 5 heteroatoms. The van der Waals surface area contributed by atoms with Crippen LogP contribution in [0.5, 0.6) is 0 Å². The highest BCUT2D eigenvalue weighted by Gasteiger charge is 2.20. The van der Waals surface area contributed by atoms with Gasteiger partial charge in [-0.05, 0) is 19.4 Å². The average Bonchev–Trinajstić information content (AvgIpc) is 2.55. The zero-order chi connectivity index (χ0) is 7.68. The Hall–Kier alpha value is -1.10. The second kappa shape index (κ2) is 2.50. The summed E-state index contributed by atoms with van der Waals surface area (Å²) in [4.78, 5) is 10.5. The van der Waals surface area contributed by atoms with Crippen LogP contribution in [0.1, 0.15) is 24.8 Å². The summed E-state index contributed by atoms with van der Waals surface area (Å²) in [6.45, 7) is 0.973. The number of aromatic nitrogens is 2. The molecule has 0 aromatic carbocycles. The smallest absolute Gasteiger partial charge is 0.391 e. The SMILES string of the molecule is O=c1[nH]nc([C@H]2CCCN2)o1. The number of H-pyrrole nitrogens is 1. The number of aromatic amines is 1. The molecular weight excluding hydrogens is 146 g/mol. The van der Waals surface area contributed by atoms with Gasteiger partial charge >= 0.3 is 5.76 Å². The van der Waals surface area contributed by atoms with Gasteiger partial charge in [-0.2, -0.15) is 0 Å². The average molecular weight is 155 g/mol. The van der Waals surface area contributed by atoms with Crippen LogP contribution in [-0.4, -0.2) is 16.7 Å². The molecule has 0 bridgehead atoms. The van der Waals surface area contributed by atoms with Crippen molar-refractivity contribution in [3.63, 3.8) is 0 Å². The fourth-order valence-electron chi connectivity index (χ4n) is 1.29. The lowest BCUT2D eigenvalue weighted by Crippen LogP contribution is -2.13. The van der Waals surface area contributed by atoms with Crippen LogP contribution >= 0.6 is 0 Å². The Kier molecular flexibility index (Phi) is 1.50. The van der Waals surface area contributed by atoms with E-state index in [0.29, 0.717) is 5.89 Å². The molecule has 1 aliphatic heterocycles. The van der Waals surface area contributed by atoms with Crippen molar-refractivity contribution in [3.8, 4) is 0 Å². The molecular formula is C6H9N3O2. The first-order valence-corrected chi connectivity index (χ1v) is 3.65. The summed E-state index contributed by atoms with van der Waals surface area (Å²) in [5.74, 6) is 0.00111. The van der Waals surface area contributed by atoms with E-state index in [1.807, 2.05) is 0 Å². The van der Waals surface area contributed by atoms with Crippen LogP contribution in [0, 0.1) is 0 Å². The molecule has 1 aliphatic rings. The summed E-state index contributed by atoms with van der Waals surface area (Å²) >= 11 is 0. The van der Waals surface area contributed by atoms with E-state index in [4.69, 9.17) is 4.42 Å². The predicted molar refractivity (Wildman–Crippen MR) is 37.1 cm³/mol. The lowest BCUT2D eigenvalue weighted by atomic mass is 10.2. The summed E-state index contributed by atoms with van der Waals surface area (Å²) in [6, 6.07) is 0.133. The van der Waals surface area contributed by atoms with Crippen LogP contribution in [0.25, 0.3) is 0 Å². The lowest BCUT2D eigenvalue weighted by molar-refractivity contribution is 0.409. The summed E-state index contributed by atoms with van der Waals surface area (Å²) < 4.78 is 4.78. The fraction of sp³-hybridized carbons (Fsp3) is 0.667. The van der Waals surface area contributed by atoms with Crippen molar-refractivity contribution in [2.24, 2.45) is 0 Å². The zero-order valence-corrected chi connectivity index (χ0v) is 5.96. The van der Waals surface area contributed by atoms with E-state index in [1.54, 1.807) is 0 Å². The topological polar surface area (TPSA) is 70.9 Å². The molecule has 0 aliphatic carbocycles. The molecule has 60 valence electrons. The Labute approximate surface area is 62.8 Å². The lowest BCUT2D eigenvalue weighted by Gasteiger charge is -2.00. The van der Waals surface area contributed by atoms with Gasteiger partial charge in [0.25, 0.3) is 0 Å². The summed E-state index contributed by atoms with van der Waals surface area (Å²) in [6.07, 6.45) is 2.11. The van der Waals surface area contributed by atoms with E-state index < -0.39 is 5.76 Å². The van der Waals surface area contributed by atoms with Gasteiger partial charge < -0.3 is 9.73 Å². The van der Waals surface area contributed by atoms with Gasteiger partial charge in [-0.25, -0.2) is 9.89 Å². The Bertz CT molecular complexity index is 284. The van der Waals surface area contributed by atoms with Crippen LogP contribution < -0.4 is 11.1 Å². The molecule has 1 aromatic rings. The van der Waals surface area contributed by atoms with Crippen molar-refractivity contribution in [2.45, 2.75) is 18.9 Å². The molecule has 1 atom stereocenters. The molecule has 1 saturated heterocycles. The largest absolute Gasteiger partial charge is 0.434 e. The second-order valence-corrected chi connectivity index (χ2v) is 2.60. The molecule has 0 unspecified atom stereocenters. The van der Waals surface area contributed by atoms with Crippen LogP contribution in [0.2, 0.25) is 0 Å². The highest BCUT2D eigenvalue weighted by molar-refractivity contribution is 4.89. The van der Waals surface area contributed by atoms with Crippen molar-refractivity contribution >= 4 is 0 Å². The molecule has 2 heterocycles. The molecule has 0 amide bonds. The van der Waals surface area contributed by atoms with Crippen LogP contribution in [0.3, 0.4) is 0 Å². The van der Waals surface area contributed by atoms with Gasteiger partial charge in [-0.15, -0.1) is 5.10 Å². The monoisotopic (exact) mass is 155 g/mol. The minimum atomic E-state index is -0.478. The number of rotatable bonds is 1. The summed E-state index contributed by atoms with van der Waals surface area (Å²) in [5, 5.41) is 9.14. The van der Waals surface area contributed by atoms with Gasteiger partial charge in [0.15, 0.2) is 0 Å². The van der Waals surface area contributed by atoms with E-state index in [1.165, 1.54) is 0 Å². The van der Waals surface area contributed by atoms with E-state index in [9.17, 15) is 4.79 Å². The normalized spacial score (nSPS) is 24.2. The maximum Gasteiger partial charge on any atom is 0.434 e. The quantitative estimate of drug-likeness (QED) is 0.588. The van der Waals surface area contributed by atoms with Crippen LogP contribution in [-0.2, 0) is 0 Å². The summed E-state index contributed by atoms with van der Waals surface area (Å²) in [7, 11) is 0. The van der Waals surface area contributed by atoms with Crippen LogP contribution in [0.15, 0.2) is 9.21 Å². The van der Waals surface area contributed by atoms with Crippen molar-refractivity contribution in [2.75, 3.05) is 6.54 Å². The first-order valence-electron chi connectivity index (χ1n) is 3.65. The molecule has 0 spiro atoms. The third-order valence-corrected chi connectivity index (χ3v) is 1.81. The maximum atomic E-state index is 10.5. The van der Waals surface area contributed by atoms with E-state index >= 15 is 0 Å². The number of hydrogen-bond acceptors (Lipinski definition) is 4. The predicted octanol–water partition coefficient (Wildman–Crippen LogP) is -0.213. The standard InChI is InChI=1S/C6H9N3O2/c10-6-9-8-5(11-6)4-2-1-3-7-4/h4,7H,1-3H2,(H,9,10)/t4-/m1/s1. The van der Waals surface area contributed by atoms with Gasteiger partial charge in [0.2, 0.25) is 5.89 Å². The third-order valence-electron chi connectivity index (χ3n) is 1.81. The molecule has 1 fully saturated rings. The highest BCUT2D eigenvalue weighted by Crippen LogP contribution is 2.19. The molecule has 11 heavy (non-hydrogen) atoms. The Morgan fingerprint density at radius 3 is 3.09 bits per heavy atom. The third kappa shape index (κ3) is 1.19. The van der Waals surface area contributed by atoms with Gasteiger partial charge in [-0.1, -0.05) is 0 Å². The van der Waals surface area contributed by atoms with Crippen molar-refractivity contribution in [3.05, 3.63) is 16.4 Å². The highest BCUT2D eigenvalue weighted by atomic mass is 16.4. The molecule has 2 rings (SSSR count). The Balaban J connectivity index is 2.21. The second-order valence-electron chi connectivity index (χ2n) is 2.60. The summed E-state index contributed by atoms with van der Waals surface area (Å²) in [5.41, 5.74) is 0. The molecule has 2 N–H and O–H groups in total. The molecule has 5 nitrogen and oxygen atoms in total. The van der Waals surface area contributed by atoms with Gasteiger partial charge in [0.1, 0.15) is 0 Å². The first kappa shape index (κ1) is 6.60. The van der Waals surface area contributed by atoms with Crippen molar-refractivity contribution in [1.82, 2.24) is 15.5 Å². The van der Waals surface area contributed by atoms with Gasteiger partial charge in [0, 0.05) is 0 Å². The molecule has 0 saturated carbocycles. The van der Waals surface area contributed by atoms with Crippen LogP contribution in [0.4, 0.5) is 0 Å². The Morgan fingerprint density at radius 1 is 1.64 bits per heavy atom. The van der Waals surface area contributed by atoms with Gasteiger partial charge in [-0.3, -0.25) is 0 Å². The zero-order valence-electron chi connectivity index (χ0n) is 5.96. The molecule has 0 radical (unpaired) electrons. The minimum absolute atomic E-state index is 0.133. The fourth-order valence-corrected chi connectivity index (χ4v) is 1.29. The van der Waals surface area contributed by atoms with E-state index in [0.717, 1.165) is 19.4 Å². The van der Waals surface area contributed by atoms with Crippen molar-refractivity contribution in [1.29, 1.82) is 0 Å². The maximum absolute atomic E-state index is 10.5. The van der Waals surface area contributed by atoms with E-state index in [-0.39, 0.29) is 6.04 Å². The van der Waals surface area contributed by atoms with Crippen molar-refractivity contribution < 1.29 is 4.42 Å². The minimum Gasteiger partial charge on any atom is -0.391 e. The number of hydrogen-bond donors (Lipinski definition) is 2. The number of nitrogens with one attached hydrogen (secondary N) is 2. The van der Waals surface area contributed by atoms with Gasteiger partial charge in [0.05, 0.1) is 6.04 Å². The van der Waals surface area contributed by atoms with E-state index in [2.05, 4.69) is 15.5 Å². The molecule has 1 aromatic heterocycles. The Morgan fingerprint density at radius 2 is 2.55 bits per heavy atom. The first-order chi connectivity index (χ1) is 5.36.